The number of methoxy groups -OCH3 is 1. The van der Waals surface area contributed by atoms with Crippen molar-refractivity contribution in [2.45, 2.75) is 57.7 Å². The third kappa shape index (κ3) is 5.08. The van der Waals surface area contributed by atoms with Crippen molar-refractivity contribution in [1.29, 1.82) is 0 Å². The molecule has 0 radical (unpaired) electrons. The lowest BCUT2D eigenvalue weighted by molar-refractivity contribution is 0.242. The monoisotopic (exact) mass is 345 g/mol. The maximum absolute atomic E-state index is 5.18. The molecule has 1 aromatic rings. The average Bonchev–Trinajstić information content (AvgIpc) is 3.31. The van der Waals surface area contributed by atoms with E-state index in [1.807, 2.05) is 18.2 Å². The predicted octanol–water partition coefficient (Wildman–Crippen LogP) is 2.16. The summed E-state index contributed by atoms with van der Waals surface area (Å²) >= 11 is 0. The second-order valence-electron chi connectivity index (χ2n) is 6.93. The van der Waals surface area contributed by atoms with Crippen LogP contribution in [0.4, 0.5) is 0 Å². The van der Waals surface area contributed by atoms with Crippen molar-refractivity contribution in [1.82, 2.24) is 20.5 Å². The summed E-state index contributed by atoms with van der Waals surface area (Å²) < 4.78 is 5.18. The SMILES string of the molecule is CCNC(=NCc1cccc(OC)n1)NC1CCN(C2CCCC2)C1. The number of rotatable bonds is 6. The number of nitrogens with zero attached hydrogens (tertiary/aromatic N) is 3. The van der Waals surface area contributed by atoms with Gasteiger partial charge in [-0.15, -0.1) is 0 Å². The fraction of sp³-hybridized carbons (Fsp3) is 0.684. The Morgan fingerprint density at radius 3 is 2.92 bits per heavy atom. The van der Waals surface area contributed by atoms with Gasteiger partial charge in [0.1, 0.15) is 0 Å². The summed E-state index contributed by atoms with van der Waals surface area (Å²) in [6.45, 7) is 5.84. The highest BCUT2D eigenvalue weighted by atomic mass is 16.5. The number of hydrogen-bond acceptors (Lipinski definition) is 4. The van der Waals surface area contributed by atoms with Gasteiger partial charge in [0.2, 0.25) is 5.88 Å². The van der Waals surface area contributed by atoms with Crippen LogP contribution in [0.3, 0.4) is 0 Å². The summed E-state index contributed by atoms with van der Waals surface area (Å²) in [5.41, 5.74) is 0.913. The highest BCUT2D eigenvalue weighted by Crippen LogP contribution is 2.26. The Kier molecular flexibility index (Phi) is 6.50. The van der Waals surface area contributed by atoms with Crippen molar-refractivity contribution < 1.29 is 4.74 Å². The van der Waals surface area contributed by atoms with Gasteiger partial charge in [0, 0.05) is 37.8 Å². The largest absolute Gasteiger partial charge is 0.481 e. The number of aliphatic imine (C=N–C) groups is 1. The van der Waals surface area contributed by atoms with Crippen molar-refractivity contribution in [2.75, 3.05) is 26.7 Å². The minimum Gasteiger partial charge on any atom is -0.481 e. The Balaban J connectivity index is 1.55. The van der Waals surface area contributed by atoms with E-state index in [-0.39, 0.29) is 0 Å². The van der Waals surface area contributed by atoms with Gasteiger partial charge in [-0.1, -0.05) is 18.9 Å². The molecule has 2 heterocycles. The third-order valence-electron chi connectivity index (χ3n) is 5.14. The normalized spacial score (nSPS) is 22.3. The van der Waals surface area contributed by atoms with Gasteiger partial charge in [-0.2, -0.15) is 0 Å². The predicted molar refractivity (Wildman–Crippen MR) is 101 cm³/mol. The fourth-order valence-electron chi connectivity index (χ4n) is 3.84. The van der Waals surface area contributed by atoms with Crippen LogP contribution < -0.4 is 15.4 Å². The Labute approximate surface area is 151 Å². The molecule has 1 aromatic heterocycles. The zero-order chi connectivity index (χ0) is 17.5. The van der Waals surface area contributed by atoms with E-state index in [1.54, 1.807) is 7.11 Å². The van der Waals surface area contributed by atoms with Gasteiger partial charge in [0.25, 0.3) is 0 Å². The smallest absolute Gasteiger partial charge is 0.213 e. The van der Waals surface area contributed by atoms with Crippen LogP contribution in [-0.2, 0) is 6.54 Å². The van der Waals surface area contributed by atoms with E-state index in [4.69, 9.17) is 9.73 Å². The van der Waals surface area contributed by atoms with Crippen molar-refractivity contribution in [3.63, 3.8) is 0 Å². The zero-order valence-electron chi connectivity index (χ0n) is 15.5. The number of ether oxygens (including phenoxy) is 1. The maximum atomic E-state index is 5.18. The Morgan fingerprint density at radius 1 is 1.32 bits per heavy atom. The summed E-state index contributed by atoms with van der Waals surface area (Å²) in [6, 6.07) is 7.08. The van der Waals surface area contributed by atoms with E-state index in [1.165, 1.54) is 38.6 Å². The molecule has 0 bridgehead atoms. The molecule has 1 saturated carbocycles. The number of nitrogens with one attached hydrogen (secondary N) is 2. The zero-order valence-corrected chi connectivity index (χ0v) is 15.5. The van der Waals surface area contributed by atoms with E-state index in [2.05, 4.69) is 27.4 Å². The van der Waals surface area contributed by atoms with Crippen LogP contribution in [0.2, 0.25) is 0 Å². The van der Waals surface area contributed by atoms with Crippen LogP contribution in [-0.4, -0.2) is 54.7 Å². The van der Waals surface area contributed by atoms with Gasteiger partial charge in [0.15, 0.2) is 5.96 Å². The molecule has 3 rings (SSSR count). The third-order valence-corrected chi connectivity index (χ3v) is 5.14. The molecule has 1 atom stereocenters. The molecule has 2 aliphatic rings. The molecule has 138 valence electrons. The highest BCUT2D eigenvalue weighted by Gasteiger charge is 2.30. The van der Waals surface area contributed by atoms with Gasteiger partial charge in [-0.25, -0.2) is 9.98 Å². The van der Waals surface area contributed by atoms with Crippen LogP contribution in [0.25, 0.3) is 0 Å². The first kappa shape index (κ1) is 18.0. The second-order valence-corrected chi connectivity index (χ2v) is 6.93. The summed E-state index contributed by atoms with van der Waals surface area (Å²) in [5, 5.41) is 6.96. The lowest BCUT2D eigenvalue weighted by Crippen LogP contribution is -2.45. The van der Waals surface area contributed by atoms with Crippen molar-refractivity contribution in [2.24, 2.45) is 4.99 Å². The minimum absolute atomic E-state index is 0.483. The van der Waals surface area contributed by atoms with Gasteiger partial charge in [0.05, 0.1) is 19.3 Å². The number of pyridine rings is 1. The molecular formula is C19H31N5O. The van der Waals surface area contributed by atoms with Crippen LogP contribution >= 0.6 is 0 Å². The Bertz CT molecular complexity index is 571. The second kappa shape index (κ2) is 9.04. The molecule has 1 aliphatic carbocycles. The summed E-state index contributed by atoms with van der Waals surface area (Å²) in [6.07, 6.45) is 6.75. The Morgan fingerprint density at radius 2 is 2.16 bits per heavy atom. The van der Waals surface area contributed by atoms with Gasteiger partial charge >= 0.3 is 0 Å². The van der Waals surface area contributed by atoms with E-state index in [0.717, 1.165) is 30.8 Å². The number of aromatic nitrogens is 1. The summed E-state index contributed by atoms with van der Waals surface area (Å²) in [4.78, 5) is 11.8. The fourth-order valence-corrected chi connectivity index (χ4v) is 3.84. The molecule has 0 amide bonds. The van der Waals surface area contributed by atoms with Gasteiger partial charge < -0.3 is 15.4 Å². The molecule has 6 nitrogen and oxygen atoms in total. The molecule has 0 aromatic carbocycles. The number of hydrogen-bond donors (Lipinski definition) is 2. The highest BCUT2D eigenvalue weighted by molar-refractivity contribution is 5.80. The molecule has 6 heteroatoms. The molecule has 2 fully saturated rings. The van der Waals surface area contributed by atoms with E-state index in [0.29, 0.717) is 18.5 Å². The molecule has 0 spiro atoms. The van der Waals surface area contributed by atoms with E-state index in [9.17, 15) is 0 Å². The summed E-state index contributed by atoms with van der Waals surface area (Å²) in [7, 11) is 1.64. The first-order valence-corrected chi connectivity index (χ1v) is 9.57. The summed E-state index contributed by atoms with van der Waals surface area (Å²) in [5.74, 6) is 1.51. The van der Waals surface area contributed by atoms with Crippen molar-refractivity contribution >= 4 is 5.96 Å². The standard InChI is InChI=1S/C19H31N5O/c1-3-20-19(21-13-15-7-6-10-18(22-15)25-2)23-16-11-12-24(14-16)17-8-4-5-9-17/h6-7,10,16-17H,3-5,8-9,11-14H2,1-2H3,(H2,20,21,23). The quantitative estimate of drug-likeness (QED) is 0.611. The number of guanidine groups is 1. The van der Waals surface area contributed by atoms with Crippen LogP contribution in [0.15, 0.2) is 23.2 Å². The Hall–Kier alpha value is -1.82. The lowest BCUT2D eigenvalue weighted by atomic mass is 10.2. The molecule has 2 N–H and O–H groups in total. The first-order valence-electron chi connectivity index (χ1n) is 9.57. The maximum Gasteiger partial charge on any atom is 0.213 e. The molecule has 1 saturated heterocycles. The van der Waals surface area contributed by atoms with Crippen LogP contribution in [0.5, 0.6) is 5.88 Å². The number of likely N-dealkylation sites (tertiary alicyclic amines) is 1. The van der Waals surface area contributed by atoms with E-state index < -0.39 is 0 Å². The van der Waals surface area contributed by atoms with Crippen molar-refractivity contribution in [3.05, 3.63) is 23.9 Å². The van der Waals surface area contributed by atoms with Crippen LogP contribution in [0, 0.1) is 0 Å². The molecule has 1 unspecified atom stereocenters. The van der Waals surface area contributed by atoms with Crippen LogP contribution in [0.1, 0.15) is 44.7 Å². The van der Waals surface area contributed by atoms with Gasteiger partial charge in [-0.05, 0) is 32.3 Å². The van der Waals surface area contributed by atoms with Gasteiger partial charge in [-0.3, -0.25) is 4.90 Å². The first-order chi connectivity index (χ1) is 12.3. The molecule has 25 heavy (non-hydrogen) atoms. The molecule has 1 aliphatic heterocycles. The topological polar surface area (TPSA) is 61.8 Å². The average molecular weight is 345 g/mol. The lowest BCUT2D eigenvalue weighted by Gasteiger charge is -2.24. The minimum atomic E-state index is 0.483. The van der Waals surface area contributed by atoms with Crippen molar-refractivity contribution in [3.8, 4) is 5.88 Å². The van der Waals surface area contributed by atoms with E-state index >= 15 is 0 Å². The molecular weight excluding hydrogens is 314 g/mol.